The molecule has 2 amide bonds. The Labute approximate surface area is 183 Å². The molecular weight excluding hydrogens is 395 g/mol. The number of halogens is 1. The van der Waals surface area contributed by atoms with Crippen molar-refractivity contribution in [2.45, 2.75) is 20.0 Å². The van der Waals surface area contributed by atoms with Crippen molar-refractivity contribution in [1.82, 2.24) is 10.2 Å². The molecule has 3 N–H and O–H groups in total. The Morgan fingerprint density at radius 2 is 1.77 bits per heavy atom. The molecule has 2 aromatic rings. The molecule has 1 fully saturated rings. The highest BCUT2D eigenvalue weighted by Crippen LogP contribution is 2.03. The van der Waals surface area contributed by atoms with Gasteiger partial charge in [-0.2, -0.15) is 0 Å². The van der Waals surface area contributed by atoms with Gasteiger partial charge in [-0.1, -0.05) is 42.0 Å². The van der Waals surface area contributed by atoms with Gasteiger partial charge in [-0.25, -0.2) is 4.39 Å². The number of piperazine rings is 1. The van der Waals surface area contributed by atoms with E-state index in [1.54, 1.807) is 12.1 Å². The Morgan fingerprint density at radius 1 is 1.06 bits per heavy atom. The highest BCUT2D eigenvalue weighted by Gasteiger charge is 2.26. The topological polar surface area (TPSA) is 58.3 Å². The summed E-state index contributed by atoms with van der Waals surface area (Å²) in [4.78, 5) is 29.1. The average molecular weight is 429 g/mol. The van der Waals surface area contributed by atoms with Crippen LogP contribution in [0.4, 0.5) is 4.39 Å². The number of aryl methyl sites for hydroxylation is 1. The Balaban J connectivity index is 1.35. The average Bonchev–Trinajstić information content (AvgIpc) is 2.74. The SMILES string of the molecule is Cc1cccc(C[NH+]2CCN(C(=O)C[NH+](C)CC(=O)NCc3ccc(F)cc3)CC2)c1. The fourth-order valence-corrected chi connectivity index (χ4v) is 3.93. The molecule has 1 atom stereocenters. The van der Waals surface area contributed by atoms with Crippen molar-refractivity contribution in [2.24, 2.45) is 0 Å². The number of benzene rings is 2. The van der Waals surface area contributed by atoms with Gasteiger partial charge in [0.15, 0.2) is 13.1 Å². The fourth-order valence-electron chi connectivity index (χ4n) is 3.93. The lowest BCUT2D eigenvalue weighted by Crippen LogP contribution is -3.14. The van der Waals surface area contributed by atoms with Crippen molar-refractivity contribution in [3.63, 3.8) is 0 Å². The standard InChI is InChI=1S/C24H31FN4O2/c1-19-4-3-5-21(14-19)16-28-10-12-29(13-11-28)24(31)18-27(2)17-23(30)26-15-20-6-8-22(25)9-7-20/h3-9,14H,10-13,15-18H2,1-2H3,(H,26,30)/p+2. The van der Waals surface area contributed by atoms with Gasteiger partial charge in [-0.3, -0.25) is 9.59 Å². The number of nitrogens with one attached hydrogen (secondary N) is 3. The van der Waals surface area contributed by atoms with Crippen molar-refractivity contribution < 1.29 is 23.8 Å². The van der Waals surface area contributed by atoms with Crippen molar-refractivity contribution in [2.75, 3.05) is 46.3 Å². The number of quaternary nitrogens is 2. The molecule has 0 bridgehead atoms. The third-order valence-corrected chi connectivity index (χ3v) is 5.68. The van der Waals surface area contributed by atoms with Crippen LogP contribution < -0.4 is 15.1 Å². The molecule has 166 valence electrons. The van der Waals surface area contributed by atoms with E-state index in [2.05, 4.69) is 36.5 Å². The second-order valence-corrected chi connectivity index (χ2v) is 8.51. The van der Waals surface area contributed by atoms with E-state index in [0.29, 0.717) is 13.1 Å². The summed E-state index contributed by atoms with van der Waals surface area (Å²) in [6.45, 7) is 7.37. The maximum Gasteiger partial charge on any atom is 0.278 e. The summed E-state index contributed by atoms with van der Waals surface area (Å²) < 4.78 is 12.9. The zero-order valence-electron chi connectivity index (χ0n) is 18.4. The summed E-state index contributed by atoms with van der Waals surface area (Å²) in [6, 6.07) is 14.6. The van der Waals surface area contributed by atoms with E-state index < -0.39 is 0 Å². The Morgan fingerprint density at radius 3 is 2.45 bits per heavy atom. The molecule has 1 aliphatic heterocycles. The van der Waals surface area contributed by atoms with Gasteiger partial charge in [0, 0.05) is 12.1 Å². The van der Waals surface area contributed by atoms with Crippen LogP contribution in [-0.4, -0.2) is 63.0 Å². The number of rotatable bonds is 8. The zero-order valence-corrected chi connectivity index (χ0v) is 18.4. The normalized spacial score (nSPS) is 15.5. The van der Waals surface area contributed by atoms with Crippen molar-refractivity contribution in [3.8, 4) is 0 Å². The number of hydrogen-bond donors (Lipinski definition) is 3. The molecule has 0 aliphatic carbocycles. The Bertz CT molecular complexity index is 879. The van der Waals surface area contributed by atoms with Crippen LogP contribution >= 0.6 is 0 Å². The van der Waals surface area contributed by atoms with Gasteiger partial charge < -0.3 is 20.0 Å². The van der Waals surface area contributed by atoms with Crippen LogP contribution in [0.2, 0.25) is 0 Å². The van der Waals surface area contributed by atoms with Crippen LogP contribution in [0.3, 0.4) is 0 Å². The minimum Gasteiger partial charge on any atom is -0.347 e. The second kappa shape index (κ2) is 11.0. The molecule has 7 heteroatoms. The predicted molar refractivity (Wildman–Crippen MR) is 117 cm³/mol. The van der Waals surface area contributed by atoms with E-state index in [9.17, 15) is 14.0 Å². The first kappa shape index (κ1) is 22.9. The van der Waals surface area contributed by atoms with Gasteiger partial charge in [0.25, 0.3) is 11.8 Å². The van der Waals surface area contributed by atoms with E-state index in [4.69, 9.17) is 0 Å². The van der Waals surface area contributed by atoms with Gasteiger partial charge in [0.05, 0.1) is 33.2 Å². The smallest absolute Gasteiger partial charge is 0.278 e. The molecule has 1 saturated heterocycles. The summed E-state index contributed by atoms with van der Waals surface area (Å²) >= 11 is 0. The third-order valence-electron chi connectivity index (χ3n) is 5.68. The first-order valence-electron chi connectivity index (χ1n) is 10.9. The third kappa shape index (κ3) is 7.45. The monoisotopic (exact) mass is 428 g/mol. The summed E-state index contributed by atoms with van der Waals surface area (Å²) in [6.07, 6.45) is 0. The number of likely N-dealkylation sites (N-methyl/N-ethyl adjacent to an activating group) is 1. The first-order chi connectivity index (χ1) is 14.9. The van der Waals surface area contributed by atoms with Crippen molar-refractivity contribution in [3.05, 3.63) is 71.0 Å². The van der Waals surface area contributed by atoms with Crippen molar-refractivity contribution in [1.29, 1.82) is 0 Å². The molecule has 0 radical (unpaired) electrons. The lowest BCUT2D eigenvalue weighted by Gasteiger charge is -2.32. The lowest BCUT2D eigenvalue weighted by atomic mass is 10.1. The highest BCUT2D eigenvalue weighted by molar-refractivity contribution is 5.79. The minimum absolute atomic E-state index is 0.0958. The number of amides is 2. The molecule has 1 heterocycles. The summed E-state index contributed by atoms with van der Waals surface area (Å²) in [5, 5.41) is 2.82. The molecule has 31 heavy (non-hydrogen) atoms. The predicted octanol–water partition coefficient (Wildman–Crippen LogP) is -0.808. The lowest BCUT2D eigenvalue weighted by molar-refractivity contribution is -0.917. The van der Waals surface area contributed by atoms with Crippen LogP contribution in [0.15, 0.2) is 48.5 Å². The molecule has 1 unspecified atom stereocenters. The molecule has 6 nitrogen and oxygen atoms in total. The van der Waals surface area contributed by atoms with Crippen LogP contribution in [-0.2, 0) is 22.7 Å². The maximum atomic E-state index is 12.9. The van der Waals surface area contributed by atoms with E-state index in [-0.39, 0.29) is 24.2 Å². The van der Waals surface area contributed by atoms with E-state index in [0.717, 1.165) is 43.2 Å². The van der Waals surface area contributed by atoms with E-state index >= 15 is 0 Å². The summed E-state index contributed by atoms with van der Waals surface area (Å²) in [5.41, 5.74) is 3.46. The van der Waals surface area contributed by atoms with Crippen LogP contribution in [0.5, 0.6) is 0 Å². The minimum atomic E-state index is -0.296. The van der Waals surface area contributed by atoms with Gasteiger partial charge >= 0.3 is 0 Å². The van der Waals surface area contributed by atoms with Gasteiger partial charge in [-0.15, -0.1) is 0 Å². The summed E-state index contributed by atoms with van der Waals surface area (Å²) in [5.74, 6) is -0.323. The molecular formula is C24H33FN4O2+2. The first-order valence-corrected chi connectivity index (χ1v) is 10.9. The largest absolute Gasteiger partial charge is 0.347 e. The molecule has 0 aromatic heterocycles. The quantitative estimate of drug-likeness (QED) is 0.515. The number of hydrogen-bond acceptors (Lipinski definition) is 2. The van der Waals surface area contributed by atoms with Crippen LogP contribution in [0.1, 0.15) is 16.7 Å². The number of carbonyl (C=O) groups is 2. The maximum absolute atomic E-state index is 12.9. The Hall–Kier alpha value is -2.77. The van der Waals surface area contributed by atoms with Gasteiger partial charge in [0.1, 0.15) is 12.4 Å². The van der Waals surface area contributed by atoms with Crippen LogP contribution in [0.25, 0.3) is 0 Å². The molecule has 0 spiro atoms. The molecule has 0 saturated carbocycles. The molecule has 2 aromatic carbocycles. The summed E-state index contributed by atoms with van der Waals surface area (Å²) in [7, 11) is 1.86. The van der Waals surface area contributed by atoms with Crippen molar-refractivity contribution >= 4 is 11.8 Å². The zero-order chi connectivity index (χ0) is 22.2. The van der Waals surface area contributed by atoms with Gasteiger partial charge in [0.2, 0.25) is 0 Å². The number of nitrogens with zero attached hydrogens (tertiary/aromatic N) is 1. The second-order valence-electron chi connectivity index (χ2n) is 8.51. The van der Waals surface area contributed by atoms with E-state index in [1.807, 2.05) is 11.9 Å². The van der Waals surface area contributed by atoms with E-state index in [1.165, 1.54) is 28.2 Å². The molecule has 1 aliphatic rings. The van der Waals surface area contributed by atoms with Gasteiger partial charge in [-0.05, 0) is 24.6 Å². The Kier molecular flexibility index (Phi) is 8.14. The van der Waals surface area contributed by atoms with Crippen LogP contribution in [0, 0.1) is 12.7 Å². The molecule has 3 rings (SSSR count). The number of carbonyl (C=O) groups excluding carboxylic acids is 2. The fraction of sp³-hybridized carbons (Fsp3) is 0.417. The highest BCUT2D eigenvalue weighted by atomic mass is 19.1.